The number of piperidine rings is 1. The Kier molecular flexibility index (Phi) is 8.95. The van der Waals surface area contributed by atoms with Gasteiger partial charge in [0, 0.05) is 36.1 Å². The Bertz CT molecular complexity index is 1090. The highest BCUT2D eigenvalue weighted by Crippen LogP contribution is 2.40. The van der Waals surface area contributed by atoms with E-state index in [0.717, 1.165) is 69.1 Å². The fraction of sp³-hybridized carbons (Fsp3) is 0.500. The number of aryl methyl sites for hydroxylation is 1. The van der Waals surface area contributed by atoms with E-state index in [4.69, 9.17) is 16.3 Å². The maximum atomic E-state index is 11.1. The lowest BCUT2D eigenvalue weighted by Crippen LogP contribution is -2.42. The standard InChI is InChI=1S/C28H36ClN3O3/c1-35-22-7-8-25-23(17-22)27(24(29)19-31-25)26(34)9-10-28(20-33)11-15-32(16-12-28)14-3-2-5-21-6-4-13-30-18-21/h4,6-8,13,17-19,26,33-34H,2-3,5,9-12,14-16,20H2,1H3. The molecule has 188 valence electrons. The van der Waals surface area contributed by atoms with Gasteiger partial charge < -0.3 is 19.8 Å². The van der Waals surface area contributed by atoms with E-state index < -0.39 is 6.10 Å². The van der Waals surface area contributed by atoms with Gasteiger partial charge >= 0.3 is 0 Å². The molecule has 0 spiro atoms. The zero-order chi connectivity index (χ0) is 24.7. The van der Waals surface area contributed by atoms with Crippen molar-refractivity contribution < 1.29 is 14.9 Å². The van der Waals surface area contributed by atoms with Crippen molar-refractivity contribution in [3.63, 3.8) is 0 Å². The van der Waals surface area contributed by atoms with Crippen LogP contribution in [0.25, 0.3) is 10.9 Å². The molecule has 0 bridgehead atoms. The minimum atomic E-state index is -0.728. The van der Waals surface area contributed by atoms with Gasteiger partial charge in [-0.3, -0.25) is 9.97 Å². The highest BCUT2D eigenvalue weighted by atomic mass is 35.5. The molecular weight excluding hydrogens is 462 g/mol. The lowest BCUT2D eigenvalue weighted by Gasteiger charge is -2.41. The topological polar surface area (TPSA) is 78.7 Å². The number of hydrogen-bond donors (Lipinski definition) is 2. The van der Waals surface area contributed by atoms with Crippen LogP contribution in [-0.4, -0.2) is 58.4 Å². The van der Waals surface area contributed by atoms with Gasteiger partial charge in [-0.1, -0.05) is 17.7 Å². The third-order valence-electron chi connectivity index (χ3n) is 7.51. The highest BCUT2D eigenvalue weighted by molar-refractivity contribution is 6.32. The molecule has 0 radical (unpaired) electrons. The summed E-state index contributed by atoms with van der Waals surface area (Å²) >= 11 is 6.48. The number of aliphatic hydroxyl groups excluding tert-OH is 2. The quantitative estimate of drug-likeness (QED) is 0.354. The van der Waals surface area contributed by atoms with Crippen molar-refractivity contribution in [1.82, 2.24) is 14.9 Å². The third-order valence-corrected chi connectivity index (χ3v) is 7.82. The molecule has 1 unspecified atom stereocenters. The second kappa shape index (κ2) is 12.1. The first-order valence-corrected chi connectivity index (χ1v) is 12.9. The molecular formula is C28H36ClN3O3. The summed E-state index contributed by atoms with van der Waals surface area (Å²) in [7, 11) is 1.62. The summed E-state index contributed by atoms with van der Waals surface area (Å²) in [6.07, 6.45) is 11.2. The average Bonchev–Trinajstić information content (AvgIpc) is 2.90. The Morgan fingerprint density at radius 2 is 2.00 bits per heavy atom. The SMILES string of the molecule is COc1ccc2ncc(Cl)c(C(O)CCC3(CO)CCN(CCCCc4cccnc4)CC3)c2c1. The summed E-state index contributed by atoms with van der Waals surface area (Å²) in [5, 5.41) is 22.7. The van der Waals surface area contributed by atoms with Gasteiger partial charge in [-0.2, -0.15) is 0 Å². The van der Waals surface area contributed by atoms with Crippen LogP contribution in [0.3, 0.4) is 0 Å². The number of likely N-dealkylation sites (tertiary alicyclic amines) is 1. The van der Waals surface area contributed by atoms with Gasteiger partial charge in [0.1, 0.15) is 5.75 Å². The average molecular weight is 498 g/mol. The Hall–Kier alpha value is -2.25. The molecule has 4 rings (SSSR count). The van der Waals surface area contributed by atoms with E-state index in [1.807, 2.05) is 36.7 Å². The number of nitrogens with zero attached hydrogens (tertiary/aromatic N) is 3. The molecule has 1 aliphatic rings. The molecule has 1 aromatic carbocycles. The van der Waals surface area contributed by atoms with Crippen LogP contribution in [-0.2, 0) is 6.42 Å². The summed E-state index contributed by atoms with van der Waals surface area (Å²) < 4.78 is 5.36. The summed E-state index contributed by atoms with van der Waals surface area (Å²) in [6.45, 7) is 3.21. The lowest BCUT2D eigenvalue weighted by molar-refractivity contribution is 0.0233. The Morgan fingerprint density at radius 1 is 1.17 bits per heavy atom. The zero-order valence-corrected chi connectivity index (χ0v) is 21.3. The first-order valence-electron chi connectivity index (χ1n) is 12.6. The van der Waals surface area contributed by atoms with Crippen LogP contribution < -0.4 is 4.74 Å². The smallest absolute Gasteiger partial charge is 0.119 e. The number of benzene rings is 1. The van der Waals surface area contributed by atoms with Gasteiger partial charge in [-0.05, 0) is 99.8 Å². The highest BCUT2D eigenvalue weighted by Gasteiger charge is 2.34. The molecule has 3 heterocycles. The minimum absolute atomic E-state index is 0.146. The van der Waals surface area contributed by atoms with Crippen molar-refractivity contribution in [2.24, 2.45) is 5.41 Å². The second-order valence-corrected chi connectivity index (χ2v) is 10.2. The maximum absolute atomic E-state index is 11.1. The van der Waals surface area contributed by atoms with Crippen LogP contribution in [0.15, 0.2) is 48.9 Å². The van der Waals surface area contributed by atoms with Crippen LogP contribution in [0.1, 0.15) is 55.8 Å². The molecule has 7 heteroatoms. The van der Waals surface area contributed by atoms with E-state index in [1.165, 1.54) is 5.56 Å². The molecule has 1 fully saturated rings. The summed E-state index contributed by atoms with van der Waals surface area (Å²) in [6, 6.07) is 9.74. The largest absolute Gasteiger partial charge is 0.497 e. The normalized spacial score (nSPS) is 16.9. The van der Waals surface area contributed by atoms with Crippen molar-refractivity contribution in [1.29, 1.82) is 0 Å². The number of hydrogen-bond acceptors (Lipinski definition) is 6. The molecule has 1 atom stereocenters. The molecule has 2 aromatic heterocycles. The predicted octanol–water partition coefficient (Wildman–Crippen LogP) is 5.20. The molecule has 0 saturated carbocycles. The van der Waals surface area contributed by atoms with E-state index in [1.54, 1.807) is 13.3 Å². The van der Waals surface area contributed by atoms with Crippen LogP contribution in [0.4, 0.5) is 0 Å². The molecule has 2 N–H and O–H groups in total. The van der Waals surface area contributed by atoms with Gasteiger partial charge in [0.25, 0.3) is 0 Å². The van der Waals surface area contributed by atoms with Gasteiger partial charge in [0.05, 0.1) is 23.8 Å². The van der Waals surface area contributed by atoms with E-state index in [-0.39, 0.29) is 12.0 Å². The molecule has 1 aliphatic heterocycles. The summed E-state index contributed by atoms with van der Waals surface area (Å²) in [4.78, 5) is 11.1. The number of pyridine rings is 2. The zero-order valence-electron chi connectivity index (χ0n) is 20.5. The number of unbranched alkanes of at least 4 members (excludes halogenated alkanes) is 1. The van der Waals surface area contributed by atoms with Crippen molar-refractivity contribution in [3.05, 3.63) is 65.1 Å². The van der Waals surface area contributed by atoms with Gasteiger partial charge in [-0.15, -0.1) is 0 Å². The first-order chi connectivity index (χ1) is 17.0. The monoisotopic (exact) mass is 497 g/mol. The van der Waals surface area contributed by atoms with Gasteiger partial charge in [-0.25, -0.2) is 0 Å². The fourth-order valence-electron chi connectivity index (χ4n) is 5.17. The van der Waals surface area contributed by atoms with Gasteiger partial charge in [0.2, 0.25) is 0 Å². The third kappa shape index (κ3) is 6.50. The van der Waals surface area contributed by atoms with E-state index >= 15 is 0 Å². The number of ether oxygens (including phenoxy) is 1. The molecule has 3 aromatic rings. The van der Waals surface area contributed by atoms with Crippen LogP contribution in [0.5, 0.6) is 5.75 Å². The van der Waals surface area contributed by atoms with Crippen LogP contribution in [0, 0.1) is 5.41 Å². The molecule has 35 heavy (non-hydrogen) atoms. The number of fused-ring (bicyclic) bond motifs is 1. The Morgan fingerprint density at radius 3 is 2.71 bits per heavy atom. The summed E-state index contributed by atoms with van der Waals surface area (Å²) in [5.74, 6) is 0.703. The van der Waals surface area contributed by atoms with Crippen LogP contribution in [0.2, 0.25) is 5.02 Å². The molecule has 0 aliphatic carbocycles. The molecule has 1 saturated heterocycles. The van der Waals surface area contributed by atoms with Crippen molar-refractivity contribution in [2.45, 2.75) is 51.0 Å². The predicted molar refractivity (Wildman–Crippen MR) is 140 cm³/mol. The number of rotatable bonds is 11. The minimum Gasteiger partial charge on any atom is -0.497 e. The van der Waals surface area contributed by atoms with E-state index in [9.17, 15) is 10.2 Å². The molecule has 0 amide bonds. The van der Waals surface area contributed by atoms with E-state index in [0.29, 0.717) is 22.8 Å². The second-order valence-electron chi connectivity index (χ2n) is 9.78. The number of aromatic nitrogens is 2. The van der Waals surface area contributed by atoms with E-state index in [2.05, 4.69) is 20.9 Å². The lowest BCUT2D eigenvalue weighted by atomic mass is 9.74. The fourth-order valence-corrected chi connectivity index (χ4v) is 5.45. The number of methoxy groups -OCH3 is 1. The van der Waals surface area contributed by atoms with Crippen LogP contribution >= 0.6 is 11.6 Å². The van der Waals surface area contributed by atoms with Crippen molar-refractivity contribution in [2.75, 3.05) is 33.4 Å². The first kappa shape index (κ1) is 25.8. The van der Waals surface area contributed by atoms with Crippen molar-refractivity contribution in [3.8, 4) is 5.75 Å². The van der Waals surface area contributed by atoms with Gasteiger partial charge in [0.15, 0.2) is 0 Å². The van der Waals surface area contributed by atoms with Crippen molar-refractivity contribution >= 4 is 22.5 Å². The summed E-state index contributed by atoms with van der Waals surface area (Å²) in [5.41, 5.74) is 2.61. The molecule has 6 nitrogen and oxygen atoms in total. The number of halogens is 1. The Balaban J connectivity index is 1.30. The maximum Gasteiger partial charge on any atom is 0.119 e. The number of aliphatic hydroxyl groups is 2. The Labute approximate surface area is 212 Å².